The minimum Gasteiger partial charge on any atom is -0.493 e. The highest BCUT2D eigenvalue weighted by atomic mass is 16.5. The van der Waals surface area contributed by atoms with Gasteiger partial charge in [0.15, 0.2) is 17.6 Å². The molecule has 0 aromatic heterocycles. The first kappa shape index (κ1) is 17.1. The molecule has 0 heterocycles. The molecule has 1 amide bonds. The molecular formula is C15H24N2O4. The highest BCUT2D eigenvalue weighted by molar-refractivity contribution is 5.80. The van der Waals surface area contributed by atoms with Gasteiger partial charge in [-0.1, -0.05) is 0 Å². The first-order valence-electron chi connectivity index (χ1n) is 6.81. The lowest BCUT2D eigenvalue weighted by Crippen LogP contribution is -2.33. The lowest BCUT2D eigenvalue weighted by molar-refractivity contribution is -0.126. The number of hydrogen-bond donors (Lipinski definition) is 2. The van der Waals surface area contributed by atoms with Crippen LogP contribution >= 0.6 is 0 Å². The monoisotopic (exact) mass is 296 g/mol. The number of methoxy groups -OCH3 is 2. The number of hydrogen-bond acceptors (Lipinski definition) is 5. The standard InChI is InChI=1S/C15H24N2O4/c1-9(16)6-11-7-12(19-4)14(13(8-11)20-5)21-10(2)15(18)17-3/h7-10H,6,16H2,1-5H3,(H,17,18). The van der Waals surface area contributed by atoms with E-state index in [0.717, 1.165) is 5.56 Å². The Morgan fingerprint density at radius 1 is 1.24 bits per heavy atom. The van der Waals surface area contributed by atoms with Gasteiger partial charge in [0, 0.05) is 13.1 Å². The number of likely N-dealkylation sites (N-methyl/N-ethyl adjacent to an activating group) is 1. The zero-order chi connectivity index (χ0) is 16.0. The molecule has 6 heteroatoms. The summed E-state index contributed by atoms with van der Waals surface area (Å²) in [6, 6.07) is 3.71. The third kappa shape index (κ3) is 4.53. The second-order valence-electron chi connectivity index (χ2n) is 4.89. The molecule has 0 aliphatic carbocycles. The Bertz CT molecular complexity index is 464. The molecule has 1 aromatic rings. The summed E-state index contributed by atoms with van der Waals surface area (Å²) in [6.45, 7) is 3.59. The third-order valence-corrected chi connectivity index (χ3v) is 2.99. The van der Waals surface area contributed by atoms with E-state index >= 15 is 0 Å². The van der Waals surface area contributed by atoms with Crippen LogP contribution in [0.25, 0.3) is 0 Å². The summed E-state index contributed by atoms with van der Waals surface area (Å²) < 4.78 is 16.4. The third-order valence-electron chi connectivity index (χ3n) is 2.99. The average molecular weight is 296 g/mol. The van der Waals surface area contributed by atoms with Crippen molar-refractivity contribution in [3.05, 3.63) is 17.7 Å². The average Bonchev–Trinajstić information content (AvgIpc) is 2.46. The fourth-order valence-corrected chi connectivity index (χ4v) is 1.97. The summed E-state index contributed by atoms with van der Waals surface area (Å²) >= 11 is 0. The molecule has 6 nitrogen and oxygen atoms in total. The number of nitrogens with one attached hydrogen (secondary N) is 1. The molecule has 0 bridgehead atoms. The van der Waals surface area contributed by atoms with Crippen LogP contribution in [-0.4, -0.2) is 39.3 Å². The maximum absolute atomic E-state index is 11.6. The number of rotatable bonds is 7. The molecule has 0 saturated heterocycles. The summed E-state index contributed by atoms with van der Waals surface area (Å²) in [4.78, 5) is 11.6. The zero-order valence-corrected chi connectivity index (χ0v) is 13.2. The molecule has 0 spiro atoms. The second-order valence-corrected chi connectivity index (χ2v) is 4.89. The second kappa shape index (κ2) is 7.73. The van der Waals surface area contributed by atoms with E-state index in [0.29, 0.717) is 23.7 Å². The van der Waals surface area contributed by atoms with Crippen LogP contribution in [0.1, 0.15) is 19.4 Å². The maximum atomic E-state index is 11.6. The normalized spacial score (nSPS) is 13.2. The van der Waals surface area contributed by atoms with Gasteiger partial charge in [-0.3, -0.25) is 4.79 Å². The largest absolute Gasteiger partial charge is 0.493 e. The minimum absolute atomic E-state index is 0.0240. The van der Waals surface area contributed by atoms with Crippen molar-refractivity contribution in [3.8, 4) is 17.2 Å². The van der Waals surface area contributed by atoms with Gasteiger partial charge in [0.25, 0.3) is 5.91 Å². The number of ether oxygens (including phenoxy) is 3. The Labute approximate surface area is 125 Å². The predicted molar refractivity (Wildman–Crippen MR) is 81.1 cm³/mol. The van der Waals surface area contributed by atoms with Crippen molar-refractivity contribution < 1.29 is 19.0 Å². The van der Waals surface area contributed by atoms with Crippen LogP contribution in [0.5, 0.6) is 17.2 Å². The van der Waals surface area contributed by atoms with Crippen molar-refractivity contribution >= 4 is 5.91 Å². The van der Waals surface area contributed by atoms with Gasteiger partial charge in [-0.2, -0.15) is 0 Å². The zero-order valence-electron chi connectivity index (χ0n) is 13.2. The van der Waals surface area contributed by atoms with E-state index < -0.39 is 6.10 Å². The summed E-state index contributed by atoms with van der Waals surface area (Å²) in [7, 11) is 4.64. The summed E-state index contributed by atoms with van der Waals surface area (Å²) in [5.74, 6) is 1.21. The topological polar surface area (TPSA) is 82.8 Å². The molecule has 2 unspecified atom stereocenters. The fourth-order valence-electron chi connectivity index (χ4n) is 1.97. The predicted octanol–water partition coefficient (Wildman–Crippen LogP) is 1.11. The number of carbonyl (C=O) groups excluding carboxylic acids is 1. The molecule has 21 heavy (non-hydrogen) atoms. The quantitative estimate of drug-likeness (QED) is 0.787. The Morgan fingerprint density at radius 3 is 2.14 bits per heavy atom. The van der Waals surface area contributed by atoms with E-state index in [-0.39, 0.29) is 11.9 Å². The van der Waals surface area contributed by atoms with Crippen LogP contribution in [0.15, 0.2) is 12.1 Å². The smallest absolute Gasteiger partial charge is 0.260 e. The first-order valence-corrected chi connectivity index (χ1v) is 6.81. The van der Waals surface area contributed by atoms with E-state index in [1.165, 1.54) is 0 Å². The van der Waals surface area contributed by atoms with Crippen molar-refractivity contribution in [2.45, 2.75) is 32.4 Å². The Hall–Kier alpha value is -1.95. The summed E-state index contributed by atoms with van der Waals surface area (Å²) in [5, 5.41) is 2.54. The Kier molecular flexibility index (Phi) is 6.30. The molecule has 0 aliphatic heterocycles. The van der Waals surface area contributed by atoms with E-state index in [2.05, 4.69) is 5.32 Å². The van der Waals surface area contributed by atoms with Gasteiger partial charge in [-0.15, -0.1) is 0 Å². The number of amides is 1. The van der Waals surface area contributed by atoms with Crippen molar-refractivity contribution in [1.29, 1.82) is 0 Å². The number of carbonyl (C=O) groups is 1. The van der Waals surface area contributed by atoms with Gasteiger partial charge in [0.05, 0.1) is 14.2 Å². The molecule has 3 N–H and O–H groups in total. The number of nitrogens with two attached hydrogens (primary N) is 1. The van der Waals surface area contributed by atoms with Crippen LogP contribution in [0.4, 0.5) is 0 Å². The molecule has 0 fully saturated rings. The minimum atomic E-state index is -0.655. The van der Waals surface area contributed by atoms with E-state index in [1.54, 1.807) is 28.2 Å². The van der Waals surface area contributed by atoms with E-state index in [4.69, 9.17) is 19.9 Å². The van der Waals surface area contributed by atoms with Gasteiger partial charge in [0.1, 0.15) is 0 Å². The Morgan fingerprint density at radius 2 is 1.76 bits per heavy atom. The Balaban J connectivity index is 3.14. The summed E-state index contributed by atoms with van der Waals surface area (Å²) in [5.41, 5.74) is 6.80. The van der Waals surface area contributed by atoms with Crippen LogP contribution in [0.3, 0.4) is 0 Å². The molecule has 0 saturated carbocycles. The van der Waals surface area contributed by atoms with Gasteiger partial charge >= 0.3 is 0 Å². The van der Waals surface area contributed by atoms with Crippen molar-refractivity contribution in [3.63, 3.8) is 0 Å². The molecule has 118 valence electrons. The van der Waals surface area contributed by atoms with Crippen molar-refractivity contribution in [2.24, 2.45) is 5.73 Å². The lowest BCUT2D eigenvalue weighted by Gasteiger charge is -2.19. The molecule has 0 aliphatic rings. The van der Waals surface area contributed by atoms with Crippen LogP contribution in [0, 0.1) is 0 Å². The number of benzene rings is 1. The van der Waals surface area contributed by atoms with Gasteiger partial charge in [0.2, 0.25) is 5.75 Å². The van der Waals surface area contributed by atoms with Crippen LogP contribution < -0.4 is 25.3 Å². The highest BCUT2D eigenvalue weighted by Crippen LogP contribution is 2.39. The molecule has 1 rings (SSSR count). The van der Waals surface area contributed by atoms with Crippen molar-refractivity contribution in [2.75, 3.05) is 21.3 Å². The maximum Gasteiger partial charge on any atom is 0.260 e. The fraction of sp³-hybridized carbons (Fsp3) is 0.533. The van der Waals surface area contributed by atoms with Gasteiger partial charge in [-0.25, -0.2) is 0 Å². The van der Waals surface area contributed by atoms with Gasteiger partial charge < -0.3 is 25.3 Å². The molecular weight excluding hydrogens is 272 g/mol. The van der Waals surface area contributed by atoms with E-state index in [9.17, 15) is 4.79 Å². The van der Waals surface area contributed by atoms with Crippen LogP contribution in [-0.2, 0) is 11.2 Å². The van der Waals surface area contributed by atoms with E-state index in [1.807, 2.05) is 19.1 Å². The van der Waals surface area contributed by atoms with Crippen molar-refractivity contribution in [1.82, 2.24) is 5.32 Å². The summed E-state index contributed by atoms with van der Waals surface area (Å²) in [6.07, 6.45) is 0.0370. The SMILES string of the molecule is CNC(=O)C(C)Oc1c(OC)cc(CC(C)N)cc1OC. The van der Waals surface area contributed by atoms with Crippen LogP contribution in [0.2, 0.25) is 0 Å². The van der Waals surface area contributed by atoms with Gasteiger partial charge in [-0.05, 0) is 38.0 Å². The first-order chi connectivity index (χ1) is 9.92. The lowest BCUT2D eigenvalue weighted by atomic mass is 10.1. The molecule has 0 radical (unpaired) electrons. The highest BCUT2D eigenvalue weighted by Gasteiger charge is 2.20. The molecule has 2 atom stereocenters. The molecule has 1 aromatic carbocycles.